The van der Waals surface area contributed by atoms with E-state index in [2.05, 4.69) is 18.5 Å². The highest BCUT2D eigenvalue weighted by Crippen LogP contribution is 2.22. The first-order chi connectivity index (χ1) is 8.15. The summed E-state index contributed by atoms with van der Waals surface area (Å²) in [5.74, 6) is 0.217. The van der Waals surface area contributed by atoms with E-state index in [9.17, 15) is 4.79 Å². The van der Waals surface area contributed by atoms with E-state index in [-0.39, 0.29) is 17.9 Å². The minimum atomic E-state index is 0.0436. The number of nitrogens with two attached hydrogens (primary N) is 1. The Hall–Kier alpha value is -0.220. The second-order valence-electron chi connectivity index (χ2n) is 5.03. The lowest BCUT2D eigenvalue weighted by atomic mass is 9.94. The van der Waals surface area contributed by atoms with Crippen LogP contribution in [0, 0.1) is 5.92 Å². The van der Waals surface area contributed by atoms with Crippen LogP contribution in [0.25, 0.3) is 0 Å². The van der Waals surface area contributed by atoms with Gasteiger partial charge in [0.15, 0.2) is 0 Å². The van der Waals surface area contributed by atoms with Crippen LogP contribution in [0.15, 0.2) is 0 Å². The summed E-state index contributed by atoms with van der Waals surface area (Å²) in [6.45, 7) is 2.97. The number of carbonyl (C=O) groups excluding carboxylic acids is 1. The van der Waals surface area contributed by atoms with E-state index in [1.165, 1.54) is 12.8 Å². The molecular formula is C13H26N2OS. The lowest BCUT2D eigenvalue weighted by Crippen LogP contribution is -2.41. The smallest absolute Gasteiger partial charge is 0.224 e. The van der Waals surface area contributed by atoms with Crippen molar-refractivity contribution in [2.24, 2.45) is 11.7 Å². The summed E-state index contributed by atoms with van der Waals surface area (Å²) < 4.78 is 0. The van der Waals surface area contributed by atoms with Crippen LogP contribution in [0.2, 0.25) is 0 Å². The molecule has 0 bridgehead atoms. The summed E-state index contributed by atoms with van der Waals surface area (Å²) in [5.41, 5.74) is 6.07. The van der Waals surface area contributed by atoms with E-state index in [0.29, 0.717) is 5.25 Å². The Morgan fingerprint density at radius 3 is 2.82 bits per heavy atom. The van der Waals surface area contributed by atoms with Gasteiger partial charge in [-0.2, -0.15) is 11.8 Å². The van der Waals surface area contributed by atoms with E-state index < -0.39 is 0 Å². The lowest BCUT2D eigenvalue weighted by molar-refractivity contribution is -0.125. The van der Waals surface area contributed by atoms with Crippen molar-refractivity contribution in [1.82, 2.24) is 5.32 Å². The highest BCUT2D eigenvalue weighted by atomic mass is 32.2. The van der Waals surface area contributed by atoms with Gasteiger partial charge in [0.2, 0.25) is 5.91 Å². The van der Waals surface area contributed by atoms with Gasteiger partial charge in [-0.15, -0.1) is 0 Å². The van der Waals surface area contributed by atoms with Crippen LogP contribution in [-0.2, 0) is 4.79 Å². The Kier molecular flexibility index (Phi) is 6.97. The highest BCUT2D eigenvalue weighted by Gasteiger charge is 2.26. The van der Waals surface area contributed by atoms with E-state index in [4.69, 9.17) is 5.73 Å². The third-order valence-electron chi connectivity index (χ3n) is 3.66. The topological polar surface area (TPSA) is 55.1 Å². The van der Waals surface area contributed by atoms with Crippen molar-refractivity contribution in [1.29, 1.82) is 0 Å². The Labute approximate surface area is 109 Å². The minimum Gasteiger partial charge on any atom is -0.356 e. The standard InChI is InChI=1S/C13H26N2OS/c1-10(17-2)8-9-15-13(16)11-6-4-3-5-7-12(11)14/h10-12H,3-9,14H2,1-2H3,(H,15,16). The van der Waals surface area contributed by atoms with Crippen LogP contribution < -0.4 is 11.1 Å². The number of carbonyl (C=O) groups is 1. The van der Waals surface area contributed by atoms with Crippen molar-refractivity contribution in [3.8, 4) is 0 Å². The predicted octanol–water partition coefficient (Wildman–Crippen LogP) is 2.15. The van der Waals surface area contributed by atoms with Crippen molar-refractivity contribution in [2.45, 2.75) is 56.7 Å². The molecule has 0 aliphatic heterocycles. The lowest BCUT2D eigenvalue weighted by Gasteiger charge is -2.20. The van der Waals surface area contributed by atoms with Gasteiger partial charge in [-0.3, -0.25) is 4.79 Å². The first kappa shape index (κ1) is 14.8. The van der Waals surface area contributed by atoms with Crippen LogP contribution >= 0.6 is 11.8 Å². The molecule has 1 amide bonds. The fourth-order valence-electron chi connectivity index (χ4n) is 2.31. The third-order valence-corrected chi connectivity index (χ3v) is 4.70. The molecule has 0 heterocycles. The molecule has 100 valence electrons. The molecule has 3 nitrogen and oxygen atoms in total. The van der Waals surface area contributed by atoms with Crippen molar-refractivity contribution < 1.29 is 4.79 Å². The number of amides is 1. The van der Waals surface area contributed by atoms with Crippen molar-refractivity contribution in [2.75, 3.05) is 12.8 Å². The second kappa shape index (κ2) is 7.98. The van der Waals surface area contributed by atoms with Gasteiger partial charge in [-0.05, 0) is 25.5 Å². The van der Waals surface area contributed by atoms with Crippen LogP contribution in [0.1, 0.15) is 45.4 Å². The van der Waals surface area contributed by atoms with Crippen LogP contribution in [0.5, 0.6) is 0 Å². The van der Waals surface area contributed by atoms with Crippen molar-refractivity contribution in [3.63, 3.8) is 0 Å². The fraction of sp³-hybridized carbons (Fsp3) is 0.923. The quantitative estimate of drug-likeness (QED) is 0.743. The van der Waals surface area contributed by atoms with Gasteiger partial charge in [-0.1, -0.05) is 26.2 Å². The van der Waals surface area contributed by atoms with Gasteiger partial charge in [0, 0.05) is 17.8 Å². The zero-order chi connectivity index (χ0) is 12.7. The molecule has 1 rings (SSSR count). The molecule has 0 radical (unpaired) electrons. The van der Waals surface area contributed by atoms with E-state index in [1.807, 2.05) is 11.8 Å². The molecule has 0 saturated heterocycles. The Morgan fingerprint density at radius 1 is 1.41 bits per heavy atom. The molecule has 3 atom stereocenters. The molecule has 0 aromatic heterocycles. The molecule has 1 fully saturated rings. The highest BCUT2D eigenvalue weighted by molar-refractivity contribution is 7.99. The van der Waals surface area contributed by atoms with Crippen molar-refractivity contribution in [3.05, 3.63) is 0 Å². The minimum absolute atomic E-state index is 0.0436. The summed E-state index contributed by atoms with van der Waals surface area (Å²) in [5, 5.41) is 3.65. The number of nitrogens with one attached hydrogen (secondary N) is 1. The molecule has 4 heteroatoms. The zero-order valence-electron chi connectivity index (χ0n) is 11.1. The molecule has 0 aromatic carbocycles. The number of hydrogen-bond acceptors (Lipinski definition) is 3. The largest absolute Gasteiger partial charge is 0.356 e. The number of hydrogen-bond donors (Lipinski definition) is 2. The second-order valence-corrected chi connectivity index (χ2v) is 6.31. The average molecular weight is 258 g/mol. The van der Waals surface area contributed by atoms with Crippen LogP contribution in [0.4, 0.5) is 0 Å². The van der Waals surface area contributed by atoms with E-state index in [1.54, 1.807) is 0 Å². The van der Waals surface area contributed by atoms with Crippen LogP contribution in [0.3, 0.4) is 0 Å². The molecule has 1 saturated carbocycles. The van der Waals surface area contributed by atoms with E-state index >= 15 is 0 Å². The zero-order valence-corrected chi connectivity index (χ0v) is 11.9. The number of rotatable bonds is 5. The molecule has 3 unspecified atom stereocenters. The Bertz CT molecular complexity index is 235. The molecule has 3 N–H and O–H groups in total. The first-order valence-corrected chi connectivity index (χ1v) is 8.00. The van der Waals surface area contributed by atoms with Gasteiger partial charge >= 0.3 is 0 Å². The maximum atomic E-state index is 12.0. The average Bonchev–Trinajstić information content (AvgIpc) is 2.53. The normalized spacial score (nSPS) is 27.2. The van der Waals surface area contributed by atoms with Gasteiger partial charge in [-0.25, -0.2) is 0 Å². The fourth-order valence-corrected chi connectivity index (χ4v) is 2.66. The van der Waals surface area contributed by atoms with Gasteiger partial charge in [0.1, 0.15) is 0 Å². The predicted molar refractivity (Wildman–Crippen MR) is 75.2 cm³/mol. The first-order valence-electron chi connectivity index (χ1n) is 6.71. The van der Waals surface area contributed by atoms with Gasteiger partial charge < -0.3 is 11.1 Å². The third kappa shape index (κ3) is 5.30. The van der Waals surface area contributed by atoms with Gasteiger partial charge in [0.25, 0.3) is 0 Å². The number of thioether (sulfide) groups is 1. The summed E-state index contributed by atoms with van der Waals surface area (Å²) >= 11 is 1.84. The Morgan fingerprint density at radius 2 is 2.12 bits per heavy atom. The molecule has 0 spiro atoms. The van der Waals surface area contributed by atoms with Gasteiger partial charge in [0.05, 0.1) is 5.92 Å². The molecular weight excluding hydrogens is 232 g/mol. The van der Waals surface area contributed by atoms with E-state index in [0.717, 1.165) is 32.2 Å². The molecule has 1 aliphatic rings. The summed E-state index contributed by atoms with van der Waals surface area (Å²) in [4.78, 5) is 12.0. The van der Waals surface area contributed by atoms with Crippen molar-refractivity contribution >= 4 is 17.7 Å². The SMILES string of the molecule is CSC(C)CCNC(=O)C1CCCCCC1N. The Balaban J connectivity index is 2.30. The summed E-state index contributed by atoms with van der Waals surface area (Å²) in [7, 11) is 0. The maximum Gasteiger partial charge on any atom is 0.224 e. The summed E-state index contributed by atoms with van der Waals surface area (Å²) in [6.07, 6.45) is 8.65. The van der Waals surface area contributed by atoms with Crippen LogP contribution in [-0.4, -0.2) is 30.0 Å². The molecule has 1 aliphatic carbocycles. The molecule has 17 heavy (non-hydrogen) atoms. The monoisotopic (exact) mass is 258 g/mol. The summed E-state index contributed by atoms with van der Waals surface area (Å²) in [6, 6.07) is 0.0653. The maximum absolute atomic E-state index is 12.0. The molecule has 0 aromatic rings.